The van der Waals surface area contributed by atoms with Crippen molar-refractivity contribution in [2.24, 2.45) is 0 Å². The second-order valence-electron chi connectivity index (χ2n) is 3.72. The molecule has 0 atom stereocenters. The molecule has 0 fully saturated rings. The first-order valence-corrected chi connectivity index (χ1v) is 5.03. The molecule has 1 aliphatic heterocycles. The molecular weight excluding hydrogens is 220 g/mol. The van der Waals surface area contributed by atoms with Crippen LogP contribution in [-0.2, 0) is 9.59 Å². The molecule has 6 heteroatoms. The molecule has 6 nitrogen and oxygen atoms in total. The van der Waals surface area contributed by atoms with Crippen molar-refractivity contribution in [3.05, 3.63) is 30.3 Å². The number of aromatic nitrogens is 3. The molecule has 1 aromatic heterocycles. The minimum absolute atomic E-state index is 0.228. The minimum Gasteiger partial charge on any atom is -0.277 e. The second kappa shape index (κ2) is 3.24. The lowest BCUT2D eigenvalue weighted by Crippen LogP contribution is -2.26. The molecule has 0 N–H and O–H groups in total. The van der Waals surface area contributed by atoms with E-state index in [2.05, 4.69) is 10.3 Å². The number of hydrogen-bond acceptors (Lipinski definition) is 4. The molecule has 0 unspecified atom stereocenters. The van der Waals surface area contributed by atoms with Gasteiger partial charge in [-0.1, -0.05) is 17.3 Å². The van der Waals surface area contributed by atoms with Gasteiger partial charge in [-0.3, -0.25) is 14.5 Å². The number of carbonyl (C=O) groups excluding carboxylic acids is 2. The summed E-state index contributed by atoms with van der Waals surface area (Å²) in [6.45, 7) is 0. The van der Waals surface area contributed by atoms with E-state index in [-0.39, 0.29) is 17.5 Å². The van der Waals surface area contributed by atoms with Crippen LogP contribution in [0.3, 0.4) is 0 Å². The molecule has 2 aromatic rings. The van der Waals surface area contributed by atoms with Crippen LogP contribution in [0, 0.1) is 0 Å². The summed E-state index contributed by atoms with van der Waals surface area (Å²) in [6.07, 6.45) is 1.27. The fraction of sp³-hybridized carbons (Fsp3) is 0.0909. The summed E-state index contributed by atoms with van der Waals surface area (Å²) in [5, 5.41) is 7.83. The fourth-order valence-corrected chi connectivity index (χ4v) is 1.75. The molecule has 0 radical (unpaired) electrons. The summed E-state index contributed by atoms with van der Waals surface area (Å²) >= 11 is 0. The van der Waals surface area contributed by atoms with Crippen LogP contribution in [-0.4, -0.2) is 38.8 Å². The Morgan fingerprint density at radius 1 is 1.18 bits per heavy atom. The minimum atomic E-state index is -0.370. The zero-order valence-corrected chi connectivity index (χ0v) is 8.99. The van der Waals surface area contributed by atoms with Crippen molar-refractivity contribution in [2.75, 3.05) is 7.05 Å². The summed E-state index contributed by atoms with van der Waals surface area (Å²) in [4.78, 5) is 24.2. The number of carbonyl (C=O) groups is 2. The van der Waals surface area contributed by atoms with E-state index >= 15 is 0 Å². The smallest absolute Gasteiger partial charge is 0.277 e. The monoisotopic (exact) mass is 228 g/mol. The number of amides is 2. The van der Waals surface area contributed by atoms with Crippen LogP contribution in [0.5, 0.6) is 0 Å². The summed E-state index contributed by atoms with van der Waals surface area (Å²) in [7, 11) is 1.44. The van der Waals surface area contributed by atoms with Gasteiger partial charge in [0.15, 0.2) is 0 Å². The third-order valence-corrected chi connectivity index (χ3v) is 2.69. The van der Waals surface area contributed by atoms with Gasteiger partial charge in [0.2, 0.25) is 0 Å². The van der Waals surface area contributed by atoms with E-state index < -0.39 is 0 Å². The van der Waals surface area contributed by atoms with E-state index in [0.717, 1.165) is 4.90 Å². The Kier molecular flexibility index (Phi) is 1.85. The zero-order chi connectivity index (χ0) is 12.0. The third kappa shape index (κ3) is 1.27. The maximum atomic E-state index is 11.8. The van der Waals surface area contributed by atoms with Crippen molar-refractivity contribution in [3.63, 3.8) is 0 Å². The first-order valence-electron chi connectivity index (χ1n) is 5.03. The standard InChI is InChI=1S/C11H8N4O2/c1-14-10(16)6-9(11(14)17)15-8-5-3-2-4-7(8)12-13-15/h2-6H,1H3. The highest BCUT2D eigenvalue weighted by atomic mass is 16.2. The summed E-state index contributed by atoms with van der Waals surface area (Å²) < 4.78 is 1.39. The number of benzene rings is 1. The quantitative estimate of drug-likeness (QED) is 0.657. The highest BCUT2D eigenvalue weighted by molar-refractivity contribution is 6.29. The molecule has 2 heterocycles. The number of imide groups is 1. The van der Waals surface area contributed by atoms with Crippen molar-refractivity contribution in [1.29, 1.82) is 0 Å². The van der Waals surface area contributed by atoms with Gasteiger partial charge in [-0.05, 0) is 12.1 Å². The van der Waals surface area contributed by atoms with Crippen LogP contribution >= 0.6 is 0 Å². The third-order valence-electron chi connectivity index (χ3n) is 2.69. The fourth-order valence-electron chi connectivity index (χ4n) is 1.75. The van der Waals surface area contributed by atoms with Gasteiger partial charge in [-0.25, -0.2) is 4.68 Å². The summed E-state index contributed by atoms with van der Waals surface area (Å²) in [5.74, 6) is -0.713. The largest absolute Gasteiger partial charge is 0.279 e. The van der Waals surface area contributed by atoms with Gasteiger partial charge in [-0.15, -0.1) is 5.10 Å². The molecule has 84 valence electrons. The Hall–Kier alpha value is -2.50. The number of rotatable bonds is 1. The number of para-hydroxylation sites is 1. The average molecular weight is 228 g/mol. The lowest BCUT2D eigenvalue weighted by atomic mass is 10.3. The topological polar surface area (TPSA) is 68.1 Å². The predicted octanol–water partition coefficient (Wildman–Crippen LogP) is 0.271. The molecule has 0 spiro atoms. The normalized spacial score (nSPS) is 15.8. The molecule has 1 aliphatic rings. The van der Waals surface area contributed by atoms with Crippen molar-refractivity contribution in [1.82, 2.24) is 19.9 Å². The Labute approximate surface area is 96.1 Å². The van der Waals surface area contributed by atoms with Gasteiger partial charge < -0.3 is 0 Å². The molecular formula is C11H8N4O2. The maximum absolute atomic E-state index is 11.8. The van der Waals surface area contributed by atoms with E-state index in [4.69, 9.17) is 0 Å². The van der Waals surface area contributed by atoms with E-state index in [0.29, 0.717) is 11.0 Å². The molecule has 0 saturated heterocycles. The highest BCUT2D eigenvalue weighted by Crippen LogP contribution is 2.20. The predicted molar refractivity (Wildman–Crippen MR) is 59.6 cm³/mol. The van der Waals surface area contributed by atoms with Crippen molar-refractivity contribution >= 4 is 28.5 Å². The first kappa shape index (κ1) is 9.71. The van der Waals surface area contributed by atoms with Gasteiger partial charge in [0, 0.05) is 13.1 Å². The van der Waals surface area contributed by atoms with Gasteiger partial charge in [0.05, 0.1) is 5.52 Å². The van der Waals surface area contributed by atoms with Crippen LogP contribution in [0.1, 0.15) is 0 Å². The van der Waals surface area contributed by atoms with E-state index in [1.54, 1.807) is 12.1 Å². The lowest BCUT2D eigenvalue weighted by molar-refractivity contribution is -0.134. The molecule has 0 bridgehead atoms. The average Bonchev–Trinajstić information content (AvgIpc) is 2.86. The first-order chi connectivity index (χ1) is 8.18. The Balaban J connectivity index is 2.21. The number of hydrogen-bond donors (Lipinski definition) is 0. The number of likely N-dealkylation sites (N-methyl/N-ethyl adjacent to an activating group) is 1. The number of nitrogens with zero attached hydrogens (tertiary/aromatic N) is 4. The second-order valence-corrected chi connectivity index (χ2v) is 3.72. The molecule has 2 amide bonds. The van der Waals surface area contributed by atoms with Crippen LogP contribution in [0.25, 0.3) is 16.7 Å². The van der Waals surface area contributed by atoms with E-state index in [9.17, 15) is 9.59 Å². The molecule has 0 aliphatic carbocycles. The van der Waals surface area contributed by atoms with Crippen molar-refractivity contribution in [3.8, 4) is 0 Å². The number of fused-ring (bicyclic) bond motifs is 1. The van der Waals surface area contributed by atoms with Gasteiger partial charge in [-0.2, -0.15) is 0 Å². The van der Waals surface area contributed by atoms with Crippen LogP contribution in [0.2, 0.25) is 0 Å². The van der Waals surface area contributed by atoms with E-state index in [1.165, 1.54) is 17.8 Å². The molecule has 1 aromatic carbocycles. The van der Waals surface area contributed by atoms with Crippen LogP contribution in [0.15, 0.2) is 30.3 Å². The molecule has 0 saturated carbocycles. The Morgan fingerprint density at radius 3 is 2.65 bits per heavy atom. The Bertz CT molecular complexity index is 671. The van der Waals surface area contributed by atoms with Crippen molar-refractivity contribution < 1.29 is 9.59 Å². The molecule has 3 rings (SSSR count). The van der Waals surface area contributed by atoms with Gasteiger partial charge in [0.1, 0.15) is 11.2 Å². The van der Waals surface area contributed by atoms with Crippen molar-refractivity contribution in [2.45, 2.75) is 0 Å². The highest BCUT2D eigenvalue weighted by Gasteiger charge is 2.30. The zero-order valence-electron chi connectivity index (χ0n) is 8.99. The van der Waals surface area contributed by atoms with Crippen LogP contribution < -0.4 is 0 Å². The Morgan fingerprint density at radius 2 is 1.94 bits per heavy atom. The molecule has 17 heavy (non-hydrogen) atoms. The SMILES string of the molecule is CN1C(=O)C=C(n2nnc3ccccc32)C1=O. The maximum Gasteiger partial charge on any atom is 0.279 e. The van der Waals surface area contributed by atoms with Gasteiger partial charge >= 0.3 is 0 Å². The van der Waals surface area contributed by atoms with E-state index in [1.807, 2.05) is 12.1 Å². The van der Waals surface area contributed by atoms with Gasteiger partial charge in [0.25, 0.3) is 11.8 Å². The summed E-state index contributed by atoms with van der Waals surface area (Å²) in [5.41, 5.74) is 1.62. The van der Waals surface area contributed by atoms with Crippen LogP contribution in [0.4, 0.5) is 0 Å². The summed E-state index contributed by atoms with van der Waals surface area (Å²) in [6, 6.07) is 7.26. The lowest BCUT2D eigenvalue weighted by Gasteiger charge is -2.06.